The number of aliphatic hydroxyl groups excluding tert-OH is 1. The number of benzene rings is 1. The molecule has 1 aliphatic carbocycles. The highest BCUT2D eigenvalue weighted by Gasteiger charge is 2.52. The van der Waals surface area contributed by atoms with E-state index in [0.717, 1.165) is 12.3 Å². The van der Waals surface area contributed by atoms with E-state index in [1.165, 1.54) is 31.4 Å². The molecule has 3 heteroatoms. The summed E-state index contributed by atoms with van der Waals surface area (Å²) in [5, 5.41) is 10.4. The van der Waals surface area contributed by atoms with E-state index < -0.39 is 6.10 Å². The zero-order valence-electron chi connectivity index (χ0n) is 15.1. The maximum atomic E-state index is 10.4. The molecule has 1 aromatic carbocycles. The number of aliphatic hydroxyl groups is 1. The Morgan fingerprint density at radius 2 is 1.91 bits per heavy atom. The quantitative estimate of drug-likeness (QED) is 0.873. The van der Waals surface area contributed by atoms with Gasteiger partial charge in [-0.25, -0.2) is 0 Å². The predicted octanol–water partition coefficient (Wildman–Crippen LogP) is 2.22. The molecule has 4 atom stereocenters. The number of nitrogens with one attached hydrogen (secondary N) is 1. The van der Waals surface area contributed by atoms with Gasteiger partial charge in [-0.1, -0.05) is 38.5 Å². The number of aryl methyl sites for hydroxylation is 1. The van der Waals surface area contributed by atoms with Crippen molar-refractivity contribution in [2.75, 3.05) is 19.7 Å². The minimum absolute atomic E-state index is 0.388. The molecule has 2 fully saturated rings. The molecule has 1 aromatic rings. The molecular formula is C20H32NO2+. The topological polar surface area (TPSA) is 33.9 Å². The first-order valence-electron chi connectivity index (χ1n) is 8.97. The van der Waals surface area contributed by atoms with Crippen LogP contribution in [-0.4, -0.2) is 36.9 Å². The van der Waals surface area contributed by atoms with Crippen LogP contribution < -0.4 is 9.64 Å². The van der Waals surface area contributed by atoms with Crippen LogP contribution in [0.5, 0.6) is 5.75 Å². The Kier molecular flexibility index (Phi) is 4.45. The first kappa shape index (κ1) is 16.8. The van der Waals surface area contributed by atoms with E-state index >= 15 is 0 Å². The summed E-state index contributed by atoms with van der Waals surface area (Å²) in [6, 6.07) is 8.74. The first-order chi connectivity index (χ1) is 10.7. The average Bonchev–Trinajstić information content (AvgIpc) is 2.67. The third-order valence-corrected chi connectivity index (χ3v) is 5.64. The summed E-state index contributed by atoms with van der Waals surface area (Å²) in [5.41, 5.74) is 2.13. The van der Waals surface area contributed by atoms with Crippen LogP contribution in [0.15, 0.2) is 24.3 Å². The molecule has 3 rings (SSSR count). The fraction of sp³-hybridized carbons (Fsp3) is 0.700. The smallest absolute Gasteiger partial charge is 0.137 e. The Morgan fingerprint density at radius 1 is 1.22 bits per heavy atom. The molecule has 1 aliphatic heterocycles. The highest BCUT2D eigenvalue weighted by Crippen LogP contribution is 2.47. The molecule has 3 nitrogen and oxygen atoms in total. The van der Waals surface area contributed by atoms with Gasteiger partial charge < -0.3 is 14.7 Å². The lowest BCUT2D eigenvalue weighted by Crippen LogP contribution is -3.15. The zero-order valence-corrected chi connectivity index (χ0v) is 15.1. The van der Waals surface area contributed by atoms with Gasteiger partial charge in [-0.2, -0.15) is 0 Å². The first-order valence-corrected chi connectivity index (χ1v) is 8.97. The Labute approximate surface area is 140 Å². The average molecular weight is 318 g/mol. The van der Waals surface area contributed by atoms with Gasteiger partial charge >= 0.3 is 0 Å². The highest BCUT2D eigenvalue weighted by atomic mass is 16.5. The Bertz CT molecular complexity index is 539. The number of fused-ring (bicyclic) bond motifs is 2. The second-order valence-electron chi connectivity index (χ2n) is 9.07. The fourth-order valence-corrected chi connectivity index (χ4v) is 5.18. The Morgan fingerprint density at radius 3 is 2.61 bits per heavy atom. The highest BCUT2D eigenvalue weighted by molar-refractivity contribution is 5.26. The minimum atomic E-state index is -0.391. The van der Waals surface area contributed by atoms with Crippen LogP contribution in [-0.2, 0) is 0 Å². The second kappa shape index (κ2) is 6.10. The van der Waals surface area contributed by atoms with Crippen LogP contribution in [0.3, 0.4) is 0 Å². The van der Waals surface area contributed by atoms with Gasteiger partial charge in [-0.3, -0.25) is 0 Å². The van der Waals surface area contributed by atoms with E-state index in [1.54, 1.807) is 4.90 Å². The summed E-state index contributed by atoms with van der Waals surface area (Å²) in [6.07, 6.45) is 3.52. The summed E-state index contributed by atoms with van der Waals surface area (Å²) >= 11 is 0. The Hall–Kier alpha value is -1.06. The van der Waals surface area contributed by atoms with Gasteiger partial charge in [0.15, 0.2) is 0 Å². The summed E-state index contributed by atoms with van der Waals surface area (Å²) in [6.45, 7) is 11.7. The summed E-state index contributed by atoms with van der Waals surface area (Å²) in [4.78, 5) is 1.58. The molecule has 0 amide bonds. The molecule has 2 N–H and O–H groups in total. The largest absolute Gasteiger partial charge is 0.491 e. The molecule has 1 saturated heterocycles. The van der Waals surface area contributed by atoms with E-state index in [0.29, 0.717) is 23.5 Å². The molecule has 128 valence electrons. The van der Waals surface area contributed by atoms with E-state index in [4.69, 9.17) is 4.74 Å². The van der Waals surface area contributed by atoms with Crippen LogP contribution >= 0.6 is 0 Å². The van der Waals surface area contributed by atoms with Crippen molar-refractivity contribution in [1.29, 1.82) is 0 Å². The van der Waals surface area contributed by atoms with Gasteiger partial charge in [0.25, 0.3) is 0 Å². The Balaban J connectivity index is 1.52. The van der Waals surface area contributed by atoms with E-state index in [2.05, 4.69) is 27.7 Å². The van der Waals surface area contributed by atoms with Crippen LogP contribution in [0, 0.1) is 17.8 Å². The summed E-state index contributed by atoms with van der Waals surface area (Å²) in [7, 11) is 0. The van der Waals surface area contributed by atoms with Crippen molar-refractivity contribution in [1.82, 2.24) is 0 Å². The van der Waals surface area contributed by atoms with Crippen molar-refractivity contribution in [2.24, 2.45) is 10.8 Å². The van der Waals surface area contributed by atoms with Crippen molar-refractivity contribution in [2.45, 2.75) is 59.1 Å². The lowest BCUT2D eigenvalue weighted by Gasteiger charge is -2.37. The van der Waals surface area contributed by atoms with Gasteiger partial charge in [-0.05, 0) is 30.9 Å². The van der Waals surface area contributed by atoms with Crippen molar-refractivity contribution in [3.8, 4) is 5.75 Å². The SMILES string of the molecule is Cc1ccc(OC[C@H](O)C[NH+]2C[C@]3(C)C[C@H]2CC(C)(C)C3)cc1. The molecule has 0 spiro atoms. The molecular weight excluding hydrogens is 286 g/mol. The van der Waals surface area contributed by atoms with Crippen LogP contribution in [0.1, 0.15) is 45.6 Å². The molecule has 1 heterocycles. The third kappa shape index (κ3) is 4.07. The molecule has 2 aliphatic rings. The number of hydrogen-bond acceptors (Lipinski definition) is 2. The molecule has 1 unspecified atom stereocenters. The molecule has 0 radical (unpaired) electrons. The molecule has 23 heavy (non-hydrogen) atoms. The lowest BCUT2D eigenvalue weighted by molar-refractivity contribution is -0.917. The summed E-state index contributed by atoms with van der Waals surface area (Å²) in [5.74, 6) is 0.845. The predicted molar refractivity (Wildman–Crippen MR) is 92.9 cm³/mol. The maximum absolute atomic E-state index is 10.4. The number of quaternary nitrogens is 1. The van der Waals surface area contributed by atoms with Crippen LogP contribution in [0.4, 0.5) is 0 Å². The number of likely N-dealkylation sites (tertiary alicyclic amines) is 1. The third-order valence-electron chi connectivity index (χ3n) is 5.64. The van der Waals surface area contributed by atoms with Crippen molar-refractivity contribution >= 4 is 0 Å². The van der Waals surface area contributed by atoms with E-state index in [9.17, 15) is 5.11 Å². The summed E-state index contributed by atoms with van der Waals surface area (Å²) < 4.78 is 5.75. The number of hydrogen-bond donors (Lipinski definition) is 2. The normalized spacial score (nSPS) is 33.4. The maximum Gasteiger partial charge on any atom is 0.137 e. The van der Waals surface area contributed by atoms with Crippen molar-refractivity contribution in [3.05, 3.63) is 29.8 Å². The number of rotatable bonds is 5. The molecule has 1 saturated carbocycles. The van der Waals surface area contributed by atoms with Crippen molar-refractivity contribution < 1.29 is 14.7 Å². The van der Waals surface area contributed by atoms with E-state index in [1.807, 2.05) is 24.3 Å². The van der Waals surface area contributed by atoms with Crippen LogP contribution in [0.2, 0.25) is 0 Å². The van der Waals surface area contributed by atoms with Crippen molar-refractivity contribution in [3.63, 3.8) is 0 Å². The minimum Gasteiger partial charge on any atom is -0.491 e. The fourth-order valence-electron chi connectivity index (χ4n) is 5.18. The van der Waals surface area contributed by atoms with Gasteiger partial charge in [0.1, 0.15) is 25.0 Å². The molecule has 2 bridgehead atoms. The zero-order chi connectivity index (χ0) is 16.7. The molecule has 0 aromatic heterocycles. The monoisotopic (exact) mass is 318 g/mol. The van der Waals surface area contributed by atoms with E-state index in [-0.39, 0.29) is 0 Å². The standard InChI is InChI=1S/C20H31NO2/c1-15-5-7-18(8-6-15)23-12-17(22)11-21-14-20(4)10-16(21)9-19(2,3)13-20/h5-8,16-17,22H,9-14H2,1-4H3/p+1/t16-,17-,20-/m1/s1. The van der Waals surface area contributed by atoms with Crippen LogP contribution in [0.25, 0.3) is 0 Å². The van der Waals surface area contributed by atoms with Gasteiger partial charge in [-0.15, -0.1) is 0 Å². The lowest BCUT2D eigenvalue weighted by atomic mass is 9.65. The number of ether oxygens (including phenoxy) is 1. The van der Waals surface area contributed by atoms with Gasteiger partial charge in [0.2, 0.25) is 0 Å². The van der Waals surface area contributed by atoms with Gasteiger partial charge in [0, 0.05) is 18.3 Å². The van der Waals surface area contributed by atoms with Gasteiger partial charge in [0.05, 0.1) is 12.6 Å². The second-order valence-corrected chi connectivity index (χ2v) is 9.07.